The summed E-state index contributed by atoms with van der Waals surface area (Å²) in [4.78, 5) is 25.4. The molecule has 5 N–H and O–H groups in total. The van der Waals surface area contributed by atoms with Crippen molar-refractivity contribution in [2.24, 2.45) is 0 Å². The van der Waals surface area contributed by atoms with E-state index in [9.17, 15) is 0 Å². The van der Waals surface area contributed by atoms with Crippen LogP contribution in [0.15, 0.2) is 18.3 Å². The van der Waals surface area contributed by atoms with Gasteiger partial charge in [-0.1, -0.05) is 0 Å². The minimum atomic E-state index is -4.64. The van der Waals surface area contributed by atoms with Crippen LogP contribution in [0.25, 0.3) is 0 Å². The molecule has 1 aromatic heterocycles. The van der Waals surface area contributed by atoms with Crippen LogP contribution in [0.3, 0.4) is 0 Å². The standard InChI is InChI=1S/C6H8N2.H3O4P/c1-5-2-3-8-6(7)4-5;1-5(2,3)4/h2-4H,1H3,(H2,7,8);(H3,1,2,3,4). The number of pyridine rings is 1. The van der Waals surface area contributed by atoms with Gasteiger partial charge in [0.05, 0.1) is 0 Å². The lowest BCUT2D eigenvalue weighted by Crippen LogP contribution is -1.87. The Morgan fingerprint density at radius 2 is 1.92 bits per heavy atom. The first-order valence-electron chi connectivity index (χ1n) is 3.25. The van der Waals surface area contributed by atoms with E-state index in [1.165, 1.54) is 0 Å². The topological polar surface area (TPSA) is 117 Å². The summed E-state index contributed by atoms with van der Waals surface area (Å²) in [6, 6.07) is 3.75. The number of aromatic nitrogens is 1. The number of nitrogens with two attached hydrogens (primary N) is 1. The largest absolute Gasteiger partial charge is 0.466 e. The zero-order valence-corrected chi connectivity index (χ0v) is 7.85. The van der Waals surface area contributed by atoms with Gasteiger partial charge in [0.15, 0.2) is 0 Å². The molecule has 0 amide bonds. The number of rotatable bonds is 0. The molecule has 0 unspecified atom stereocenters. The predicted molar refractivity (Wildman–Crippen MR) is 47.6 cm³/mol. The normalized spacial score (nSPS) is 10.2. The average Bonchev–Trinajstić information content (AvgIpc) is 1.81. The minimum absolute atomic E-state index is 0.588. The summed E-state index contributed by atoms with van der Waals surface area (Å²) in [5.41, 5.74) is 6.50. The van der Waals surface area contributed by atoms with E-state index in [2.05, 4.69) is 4.98 Å². The molecule has 6 nitrogen and oxygen atoms in total. The van der Waals surface area contributed by atoms with Crippen molar-refractivity contribution < 1.29 is 19.2 Å². The number of phosphoric acid groups is 1. The highest BCUT2D eigenvalue weighted by Crippen LogP contribution is 2.25. The van der Waals surface area contributed by atoms with Crippen molar-refractivity contribution in [2.45, 2.75) is 6.92 Å². The fourth-order valence-corrected chi connectivity index (χ4v) is 0.560. The van der Waals surface area contributed by atoms with E-state index in [1.807, 2.05) is 19.1 Å². The molecule has 1 aromatic rings. The van der Waals surface area contributed by atoms with Crippen LogP contribution >= 0.6 is 7.82 Å². The minimum Gasteiger partial charge on any atom is -0.384 e. The maximum absolute atomic E-state index is 8.88. The van der Waals surface area contributed by atoms with E-state index in [0.29, 0.717) is 5.82 Å². The van der Waals surface area contributed by atoms with E-state index < -0.39 is 7.82 Å². The lowest BCUT2D eigenvalue weighted by molar-refractivity contribution is 0.275. The second kappa shape index (κ2) is 4.94. The monoisotopic (exact) mass is 206 g/mol. The van der Waals surface area contributed by atoms with E-state index in [-0.39, 0.29) is 0 Å². The molecule has 13 heavy (non-hydrogen) atoms. The maximum Gasteiger partial charge on any atom is 0.466 e. The molecule has 0 radical (unpaired) electrons. The number of nitrogens with zero attached hydrogens (tertiary/aromatic N) is 1. The zero-order valence-electron chi connectivity index (χ0n) is 6.95. The Bertz CT molecular complexity index is 286. The Morgan fingerprint density at radius 3 is 2.15 bits per heavy atom. The summed E-state index contributed by atoms with van der Waals surface area (Å²) >= 11 is 0. The molecular formula is C6H11N2O4P. The highest BCUT2D eigenvalue weighted by atomic mass is 31.2. The molecule has 0 aromatic carbocycles. The Labute approximate surface area is 75.3 Å². The van der Waals surface area contributed by atoms with Crippen LogP contribution < -0.4 is 5.73 Å². The molecule has 0 aliphatic carbocycles. The van der Waals surface area contributed by atoms with Crippen molar-refractivity contribution in [3.8, 4) is 0 Å². The van der Waals surface area contributed by atoms with Crippen molar-refractivity contribution in [2.75, 3.05) is 5.73 Å². The number of hydrogen-bond acceptors (Lipinski definition) is 3. The van der Waals surface area contributed by atoms with Crippen molar-refractivity contribution >= 4 is 13.6 Å². The van der Waals surface area contributed by atoms with E-state index >= 15 is 0 Å². The van der Waals surface area contributed by atoms with E-state index in [1.54, 1.807) is 6.20 Å². The van der Waals surface area contributed by atoms with E-state index in [4.69, 9.17) is 25.0 Å². The number of anilines is 1. The third-order valence-corrected chi connectivity index (χ3v) is 0.937. The predicted octanol–water partition coefficient (Wildman–Crippen LogP) is 0.0436. The maximum atomic E-state index is 8.88. The molecule has 0 aliphatic heterocycles. The molecule has 0 fully saturated rings. The third-order valence-electron chi connectivity index (χ3n) is 0.937. The summed E-state index contributed by atoms with van der Waals surface area (Å²) in [7, 11) is -4.64. The van der Waals surface area contributed by atoms with Gasteiger partial charge in [-0.25, -0.2) is 9.55 Å². The summed E-state index contributed by atoms with van der Waals surface area (Å²) < 4.78 is 8.88. The summed E-state index contributed by atoms with van der Waals surface area (Å²) in [5.74, 6) is 0.588. The zero-order chi connectivity index (χ0) is 10.5. The molecule has 0 saturated carbocycles. The number of hydrogen-bond donors (Lipinski definition) is 4. The van der Waals surface area contributed by atoms with Gasteiger partial charge in [0.1, 0.15) is 5.82 Å². The van der Waals surface area contributed by atoms with E-state index in [0.717, 1.165) is 5.56 Å². The second-order valence-corrected chi connectivity index (χ2v) is 3.30. The molecule has 74 valence electrons. The lowest BCUT2D eigenvalue weighted by atomic mass is 10.3. The van der Waals surface area contributed by atoms with Crippen LogP contribution in [0.5, 0.6) is 0 Å². The quantitative estimate of drug-likeness (QED) is 0.445. The molecule has 1 rings (SSSR count). The molecule has 1 heterocycles. The fraction of sp³-hybridized carbons (Fsp3) is 0.167. The fourth-order valence-electron chi connectivity index (χ4n) is 0.560. The second-order valence-electron chi connectivity index (χ2n) is 2.27. The Morgan fingerprint density at radius 1 is 1.46 bits per heavy atom. The molecule has 0 bridgehead atoms. The molecule has 0 atom stereocenters. The average molecular weight is 206 g/mol. The van der Waals surface area contributed by atoms with Gasteiger partial charge in [-0.3, -0.25) is 0 Å². The van der Waals surface area contributed by atoms with Crippen LogP contribution in [-0.2, 0) is 4.57 Å². The first-order valence-corrected chi connectivity index (χ1v) is 4.82. The summed E-state index contributed by atoms with van der Waals surface area (Å²) in [6.45, 7) is 1.98. The van der Waals surface area contributed by atoms with Crippen molar-refractivity contribution in [1.29, 1.82) is 0 Å². The third kappa shape index (κ3) is 11.1. The van der Waals surface area contributed by atoms with Gasteiger partial charge in [0.2, 0.25) is 0 Å². The Balaban J connectivity index is 0.000000252. The van der Waals surface area contributed by atoms with Crippen LogP contribution in [0.2, 0.25) is 0 Å². The smallest absolute Gasteiger partial charge is 0.384 e. The van der Waals surface area contributed by atoms with Gasteiger partial charge in [0.25, 0.3) is 0 Å². The summed E-state index contributed by atoms with van der Waals surface area (Å²) in [5, 5.41) is 0. The number of nitrogen functional groups attached to an aromatic ring is 1. The van der Waals surface area contributed by atoms with Crippen LogP contribution in [0, 0.1) is 6.92 Å². The van der Waals surface area contributed by atoms with Crippen molar-refractivity contribution in [3.63, 3.8) is 0 Å². The summed E-state index contributed by atoms with van der Waals surface area (Å²) in [6.07, 6.45) is 1.70. The Hall–Kier alpha value is -0.940. The van der Waals surface area contributed by atoms with Gasteiger partial charge in [0, 0.05) is 6.20 Å². The first-order chi connectivity index (χ1) is 5.79. The van der Waals surface area contributed by atoms with Crippen LogP contribution in [0.1, 0.15) is 5.56 Å². The van der Waals surface area contributed by atoms with Crippen LogP contribution in [-0.4, -0.2) is 19.7 Å². The first kappa shape index (κ1) is 12.1. The highest BCUT2D eigenvalue weighted by Gasteiger charge is 2.00. The van der Waals surface area contributed by atoms with Gasteiger partial charge >= 0.3 is 7.82 Å². The SMILES string of the molecule is Cc1ccnc(N)c1.O=P(O)(O)O. The van der Waals surface area contributed by atoms with Crippen molar-refractivity contribution in [1.82, 2.24) is 4.98 Å². The number of aryl methyl sites for hydroxylation is 1. The molecule has 0 saturated heterocycles. The molecular weight excluding hydrogens is 195 g/mol. The molecule has 0 aliphatic rings. The molecule has 0 spiro atoms. The Kier molecular flexibility index (Phi) is 4.58. The van der Waals surface area contributed by atoms with Crippen LogP contribution in [0.4, 0.5) is 5.82 Å². The highest BCUT2D eigenvalue weighted by molar-refractivity contribution is 7.45. The lowest BCUT2D eigenvalue weighted by Gasteiger charge is -1.90. The molecule has 7 heteroatoms. The van der Waals surface area contributed by atoms with Gasteiger partial charge in [-0.05, 0) is 24.6 Å². The van der Waals surface area contributed by atoms with Gasteiger partial charge < -0.3 is 20.4 Å². The van der Waals surface area contributed by atoms with Gasteiger partial charge in [-0.15, -0.1) is 0 Å². The van der Waals surface area contributed by atoms with Gasteiger partial charge in [-0.2, -0.15) is 0 Å². The van der Waals surface area contributed by atoms with Crippen molar-refractivity contribution in [3.05, 3.63) is 23.9 Å².